The van der Waals surface area contributed by atoms with Gasteiger partial charge in [-0.05, 0) is 36.5 Å². The summed E-state index contributed by atoms with van der Waals surface area (Å²) >= 11 is 0. The Balaban J connectivity index is 1.88. The minimum atomic E-state index is -0.454. The second-order valence-corrected chi connectivity index (χ2v) is 4.99. The molecule has 0 aromatic heterocycles. The molecule has 1 fully saturated rings. The Bertz CT molecular complexity index is 447. The monoisotopic (exact) mass is 246 g/mol. The van der Waals surface area contributed by atoms with Crippen LogP contribution >= 0.6 is 0 Å². The molecule has 1 aliphatic carbocycles. The third-order valence-corrected chi connectivity index (χ3v) is 3.02. The molecular formula is C14H18N2O2. The Morgan fingerprint density at radius 3 is 2.28 bits per heavy atom. The number of hydrogen-bond acceptors (Lipinski definition) is 2. The molecule has 0 unspecified atom stereocenters. The Labute approximate surface area is 107 Å². The lowest BCUT2D eigenvalue weighted by Crippen LogP contribution is -2.35. The average Bonchev–Trinajstić information content (AvgIpc) is 3.13. The quantitative estimate of drug-likeness (QED) is 0.861. The molecule has 3 amide bonds. The molecule has 0 aliphatic heterocycles. The van der Waals surface area contributed by atoms with E-state index in [-0.39, 0.29) is 11.8 Å². The highest BCUT2D eigenvalue weighted by Crippen LogP contribution is 2.28. The zero-order chi connectivity index (χ0) is 13.1. The lowest BCUT2D eigenvalue weighted by molar-refractivity contribution is -0.121. The molecule has 1 aliphatic rings. The molecular weight excluding hydrogens is 228 g/mol. The summed E-state index contributed by atoms with van der Waals surface area (Å²) in [4.78, 5) is 22.9. The first-order chi connectivity index (χ1) is 8.56. The first kappa shape index (κ1) is 12.6. The van der Waals surface area contributed by atoms with E-state index < -0.39 is 6.03 Å². The number of anilines is 1. The van der Waals surface area contributed by atoms with Gasteiger partial charge < -0.3 is 5.32 Å². The van der Waals surface area contributed by atoms with E-state index in [9.17, 15) is 9.59 Å². The zero-order valence-corrected chi connectivity index (χ0v) is 10.7. The van der Waals surface area contributed by atoms with Gasteiger partial charge in [-0.3, -0.25) is 10.1 Å². The van der Waals surface area contributed by atoms with Crippen molar-refractivity contribution in [3.05, 3.63) is 29.8 Å². The summed E-state index contributed by atoms with van der Waals surface area (Å²) in [5.74, 6) is 0.328. The summed E-state index contributed by atoms with van der Waals surface area (Å²) in [5.41, 5.74) is 1.91. The van der Waals surface area contributed by atoms with Gasteiger partial charge in [0.25, 0.3) is 0 Å². The Morgan fingerprint density at radius 1 is 1.17 bits per heavy atom. The molecule has 0 radical (unpaired) electrons. The van der Waals surface area contributed by atoms with E-state index in [1.54, 1.807) is 0 Å². The number of hydrogen-bond donors (Lipinski definition) is 2. The fraction of sp³-hybridized carbons (Fsp3) is 0.429. The smallest absolute Gasteiger partial charge is 0.308 e. The molecule has 4 heteroatoms. The van der Waals surface area contributed by atoms with Gasteiger partial charge in [0.1, 0.15) is 0 Å². The van der Waals surface area contributed by atoms with Gasteiger partial charge in [-0.15, -0.1) is 0 Å². The number of rotatable bonds is 3. The highest BCUT2D eigenvalue weighted by Gasteiger charge is 2.30. The standard InChI is InChI=1S/C14H18N2O2/c1-9(2)10-5-7-12(8-6-10)15-14(18)16-13(17)11-3-4-11/h5-9,11H,3-4H2,1-2H3,(H2,15,16,17,18). The van der Waals surface area contributed by atoms with Crippen LogP contribution in [0, 0.1) is 5.92 Å². The molecule has 1 aromatic carbocycles. The van der Waals surface area contributed by atoms with Gasteiger partial charge in [0.15, 0.2) is 0 Å². The van der Waals surface area contributed by atoms with Crippen LogP contribution in [0.25, 0.3) is 0 Å². The maximum absolute atomic E-state index is 11.5. The van der Waals surface area contributed by atoms with Crippen LogP contribution in [0.2, 0.25) is 0 Å². The Kier molecular flexibility index (Phi) is 3.65. The highest BCUT2D eigenvalue weighted by atomic mass is 16.2. The third-order valence-electron chi connectivity index (χ3n) is 3.02. The zero-order valence-electron chi connectivity index (χ0n) is 10.7. The van der Waals surface area contributed by atoms with Crippen molar-refractivity contribution in [2.75, 3.05) is 5.32 Å². The molecule has 4 nitrogen and oxygen atoms in total. The number of imide groups is 1. The number of benzene rings is 1. The predicted octanol–water partition coefficient (Wildman–Crippen LogP) is 2.87. The predicted molar refractivity (Wildman–Crippen MR) is 70.4 cm³/mol. The van der Waals surface area contributed by atoms with Gasteiger partial charge in [-0.25, -0.2) is 4.79 Å². The number of carbonyl (C=O) groups excluding carboxylic acids is 2. The van der Waals surface area contributed by atoms with Gasteiger partial charge >= 0.3 is 6.03 Å². The van der Waals surface area contributed by atoms with Crippen LogP contribution in [0.15, 0.2) is 24.3 Å². The van der Waals surface area contributed by atoms with Crippen molar-refractivity contribution >= 4 is 17.6 Å². The molecule has 2 N–H and O–H groups in total. The maximum Gasteiger partial charge on any atom is 0.325 e. The fourth-order valence-corrected chi connectivity index (χ4v) is 1.67. The van der Waals surface area contributed by atoms with E-state index in [1.165, 1.54) is 5.56 Å². The van der Waals surface area contributed by atoms with E-state index in [0.29, 0.717) is 11.6 Å². The summed E-state index contributed by atoms with van der Waals surface area (Å²) in [5, 5.41) is 4.99. The second kappa shape index (κ2) is 5.21. The van der Waals surface area contributed by atoms with Crippen molar-refractivity contribution in [2.45, 2.75) is 32.6 Å². The van der Waals surface area contributed by atoms with E-state index in [4.69, 9.17) is 0 Å². The van der Waals surface area contributed by atoms with Crippen LogP contribution in [0.3, 0.4) is 0 Å². The van der Waals surface area contributed by atoms with Gasteiger partial charge in [-0.1, -0.05) is 26.0 Å². The van der Waals surface area contributed by atoms with Crippen LogP contribution < -0.4 is 10.6 Å². The topological polar surface area (TPSA) is 58.2 Å². The highest BCUT2D eigenvalue weighted by molar-refractivity contribution is 6.02. The summed E-state index contributed by atoms with van der Waals surface area (Å²) in [6.45, 7) is 4.23. The van der Waals surface area contributed by atoms with E-state index in [0.717, 1.165) is 12.8 Å². The number of nitrogens with one attached hydrogen (secondary N) is 2. The molecule has 18 heavy (non-hydrogen) atoms. The van der Waals surface area contributed by atoms with Gasteiger partial charge in [0.2, 0.25) is 5.91 Å². The SMILES string of the molecule is CC(C)c1ccc(NC(=O)NC(=O)C2CC2)cc1. The van der Waals surface area contributed by atoms with Crippen LogP contribution in [0.5, 0.6) is 0 Å². The molecule has 2 rings (SSSR count). The van der Waals surface area contributed by atoms with Crippen molar-refractivity contribution in [3.63, 3.8) is 0 Å². The minimum absolute atomic E-state index is 0.0408. The largest absolute Gasteiger partial charge is 0.325 e. The minimum Gasteiger partial charge on any atom is -0.308 e. The van der Waals surface area contributed by atoms with Crippen molar-refractivity contribution in [1.82, 2.24) is 5.32 Å². The van der Waals surface area contributed by atoms with E-state index in [2.05, 4.69) is 24.5 Å². The van der Waals surface area contributed by atoms with Gasteiger partial charge in [0, 0.05) is 11.6 Å². The molecule has 0 heterocycles. The first-order valence-electron chi connectivity index (χ1n) is 6.28. The van der Waals surface area contributed by atoms with Crippen molar-refractivity contribution in [1.29, 1.82) is 0 Å². The van der Waals surface area contributed by atoms with Crippen molar-refractivity contribution in [3.8, 4) is 0 Å². The van der Waals surface area contributed by atoms with Crippen LogP contribution in [0.1, 0.15) is 38.2 Å². The Morgan fingerprint density at radius 2 is 1.78 bits per heavy atom. The van der Waals surface area contributed by atoms with E-state index >= 15 is 0 Å². The summed E-state index contributed by atoms with van der Waals surface area (Å²) < 4.78 is 0. The molecule has 0 spiro atoms. The van der Waals surface area contributed by atoms with Crippen LogP contribution in [-0.4, -0.2) is 11.9 Å². The lowest BCUT2D eigenvalue weighted by Gasteiger charge is -2.08. The van der Waals surface area contributed by atoms with Crippen molar-refractivity contribution < 1.29 is 9.59 Å². The normalized spacial score (nSPS) is 14.4. The van der Waals surface area contributed by atoms with Crippen LogP contribution in [0.4, 0.5) is 10.5 Å². The summed E-state index contributed by atoms with van der Waals surface area (Å²) in [7, 11) is 0. The first-order valence-corrected chi connectivity index (χ1v) is 6.28. The Hall–Kier alpha value is -1.84. The molecule has 1 aromatic rings. The second-order valence-electron chi connectivity index (χ2n) is 4.99. The lowest BCUT2D eigenvalue weighted by atomic mass is 10.0. The third kappa shape index (κ3) is 3.32. The number of urea groups is 1. The molecule has 0 bridgehead atoms. The number of carbonyl (C=O) groups is 2. The molecule has 1 saturated carbocycles. The summed E-state index contributed by atoms with van der Waals surface area (Å²) in [6, 6.07) is 7.18. The van der Waals surface area contributed by atoms with E-state index in [1.807, 2.05) is 24.3 Å². The molecule has 0 atom stereocenters. The van der Waals surface area contributed by atoms with Crippen LogP contribution in [-0.2, 0) is 4.79 Å². The van der Waals surface area contributed by atoms with Crippen molar-refractivity contribution in [2.24, 2.45) is 5.92 Å². The van der Waals surface area contributed by atoms with Gasteiger partial charge in [-0.2, -0.15) is 0 Å². The number of amides is 3. The summed E-state index contributed by atoms with van der Waals surface area (Å²) in [6.07, 6.45) is 1.78. The molecule has 0 saturated heterocycles. The van der Waals surface area contributed by atoms with Gasteiger partial charge in [0.05, 0.1) is 0 Å². The average molecular weight is 246 g/mol. The fourth-order valence-electron chi connectivity index (χ4n) is 1.67. The molecule has 96 valence electrons. The maximum atomic E-state index is 11.5.